The van der Waals surface area contributed by atoms with Gasteiger partial charge in [-0.05, 0) is 67.1 Å². The predicted octanol–water partition coefficient (Wildman–Crippen LogP) is 7.10. The predicted molar refractivity (Wildman–Crippen MR) is 144 cm³/mol. The number of H-pyrrole nitrogens is 1. The van der Waals surface area contributed by atoms with Crippen molar-refractivity contribution in [3.8, 4) is 5.75 Å². The van der Waals surface area contributed by atoms with E-state index >= 15 is 0 Å². The van der Waals surface area contributed by atoms with E-state index in [1.807, 2.05) is 43.3 Å². The molecule has 5 N–H and O–H groups in total. The second-order valence-corrected chi connectivity index (χ2v) is 8.71. The zero-order valence-corrected chi connectivity index (χ0v) is 20.4. The molecule has 3 aromatic carbocycles. The van der Waals surface area contributed by atoms with Gasteiger partial charge < -0.3 is 31.0 Å². The molecule has 0 aliphatic carbocycles. The van der Waals surface area contributed by atoms with Gasteiger partial charge in [-0.2, -0.15) is 0 Å². The first-order valence-electron chi connectivity index (χ1n) is 11.8. The van der Waals surface area contributed by atoms with E-state index in [1.54, 1.807) is 24.4 Å². The highest BCUT2D eigenvalue weighted by atomic mass is 19.4. The van der Waals surface area contributed by atoms with Gasteiger partial charge >= 0.3 is 12.4 Å². The highest BCUT2D eigenvalue weighted by Crippen LogP contribution is 2.36. The van der Waals surface area contributed by atoms with Gasteiger partial charge in [0.2, 0.25) is 0 Å². The van der Waals surface area contributed by atoms with Crippen LogP contribution in [-0.4, -0.2) is 23.3 Å². The van der Waals surface area contributed by atoms with Crippen molar-refractivity contribution in [1.82, 2.24) is 4.98 Å². The summed E-state index contributed by atoms with van der Waals surface area (Å²) >= 11 is 0. The number of anilines is 5. The highest BCUT2D eigenvalue weighted by Gasteiger charge is 2.31. The summed E-state index contributed by atoms with van der Waals surface area (Å²) in [7, 11) is 0. The molecule has 0 fully saturated rings. The van der Waals surface area contributed by atoms with Crippen LogP contribution in [0.25, 0.3) is 11.6 Å². The van der Waals surface area contributed by atoms with E-state index in [0.717, 1.165) is 34.6 Å². The lowest BCUT2D eigenvalue weighted by atomic mass is 10.1. The molecule has 2 heterocycles. The van der Waals surface area contributed by atoms with Crippen LogP contribution < -0.4 is 26.0 Å². The average molecular weight is 534 g/mol. The van der Waals surface area contributed by atoms with Crippen molar-refractivity contribution in [2.75, 3.05) is 21.3 Å². The van der Waals surface area contributed by atoms with Crippen LogP contribution in [0.3, 0.4) is 0 Å². The number of ether oxygens (including phenoxy) is 1. The lowest BCUT2D eigenvalue weighted by Gasteiger charge is -2.14. The minimum atomic E-state index is -4.84. The number of alkyl halides is 3. The molecule has 0 radical (unpaired) electrons. The molecule has 1 aliphatic heterocycles. The number of carbonyl (C=O) groups excluding carboxylic acids is 2. The number of carbonyl (C=O) groups is 2. The molecule has 5 rings (SSSR count). The van der Waals surface area contributed by atoms with Crippen LogP contribution in [-0.2, 0) is 4.79 Å². The van der Waals surface area contributed by atoms with E-state index < -0.39 is 18.1 Å². The summed E-state index contributed by atoms with van der Waals surface area (Å²) in [4.78, 5) is 28.1. The quantitative estimate of drug-likeness (QED) is 0.170. The summed E-state index contributed by atoms with van der Waals surface area (Å²) in [5.41, 5.74) is 5.75. The van der Waals surface area contributed by atoms with Gasteiger partial charge in [0.1, 0.15) is 5.75 Å². The number of rotatable bonds is 6. The number of hydrogen-bond donors (Lipinski definition) is 5. The average Bonchev–Trinajstić information content (AvgIpc) is 3.48. The van der Waals surface area contributed by atoms with Crippen molar-refractivity contribution >= 4 is 52.0 Å². The van der Waals surface area contributed by atoms with Gasteiger partial charge in [-0.15, -0.1) is 13.2 Å². The normalized spacial score (nSPS) is 13.5. The Balaban J connectivity index is 1.28. The summed E-state index contributed by atoms with van der Waals surface area (Å²) < 4.78 is 41.3. The number of amides is 3. The SMILES string of the molecule is Cc1ccc(NC(=O)Nc2cccc(OC(F)(F)F)c2)cc1Nc1ccc2c(c1)NC(=O)C2=Cc1ccc[nH]1. The van der Waals surface area contributed by atoms with E-state index in [0.29, 0.717) is 22.6 Å². The summed E-state index contributed by atoms with van der Waals surface area (Å²) in [6.07, 6.45) is -1.26. The Morgan fingerprint density at radius 1 is 0.923 bits per heavy atom. The molecular formula is C28H22F3N5O3. The second kappa shape index (κ2) is 10.3. The fourth-order valence-corrected chi connectivity index (χ4v) is 4.06. The first-order valence-corrected chi connectivity index (χ1v) is 11.8. The molecule has 3 amide bonds. The van der Waals surface area contributed by atoms with Crippen LogP contribution in [0.2, 0.25) is 0 Å². The van der Waals surface area contributed by atoms with Crippen LogP contribution in [0.1, 0.15) is 16.8 Å². The Labute approximate surface area is 220 Å². The molecule has 0 unspecified atom stereocenters. The third-order valence-electron chi connectivity index (χ3n) is 5.82. The maximum atomic E-state index is 12.5. The number of benzene rings is 3. The molecule has 39 heavy (non-hydrogen) atoms. The fourth-order valence-electron chi connectivity index (χ4n) is 4.06. The maximum Gasteiger partial charge on any atom is 0.573 e. The Bertz CT molecular complexity index is 1580. The molecular weight excluding hydrogens is 511 g/mol. The molecule has 4 aromatic rings. The third kappa shape index (κ3) is 6.21. The van der Waals surface area contributed by atoms with Gasteiger partial charge in [0.25, 0.3) is 5.91 Å². The Morgan fingerprint density at radius 2 is 1.69 bits per heavy atom. The van der Waals surface area contributed by atoms with Gasteiger partial charge in [-0.1, -0.05) is 18.2 Å². The molecule has 0 bridgehead atoms. The van der Waals surface area contributed by atoms with Crippen molar-refractivity contribution in [1.29, 1.82) is 0 Å². The zero-order chi connectivity index (χ0) is 27.6. The van der Waals surface area contributed by atoms with E-state index in [4.69, 9.17) is 0 Å². The number of fused-ring (bicyclic) bond motifs is 1. The number of hydrogen-bond acceptors (Lipinski definition) is 4. The maximum absolute atomic E-state index is 12.5. The first kappa shape index (κ1) is 25.5. The fraction of sp³-hybridized carbons (Fsp3) is 0.0714. The molecule has 1 aliphatic rings. The molecule has 0 spiro atoms. The minimum absolute atomic E-state index is 0.129. The lowest BCUT2D eigenvalue weighted by Crippen LogP contribution is -2.20. The summed E-state index contributed by atoms with van der Waals surface area (Å²) in [6.45, 7) is 1.89. The number of urea groups is 1. The van der Waals surface area contributed by atoms with E-state index in [2.05, 4.69) is 31.0 Å². The zero-order valence-electron chi connectivity index (χ0n) is 20.4. The number of aromatic nitrogens is 1. The van der Waals surface area contributed by atoms with Gasteiger partial charge in [0, 0.05) is 46.3 Å². The minimum Gasteiger partial charge on any atom is -0.406 e. The van der Waals surface area contributed by atoms with Gasteiger partial charge in [0.05, 0.1) is 11.3 Å². The number of aryl methyl sites for hydroxylation is 1. The molecule has 0 atom stereocenters. The number of halogens is 3. The molecule has 198 valence electrons. The van der Waals surface area contributed by atoms with Gasteiger partial charge in [-0.3, -0.25) is 4.79 Å². The molecule has 0 saturated carbocycles. The van der Waals surface area contributed by atoms with Gasteiger partial charge in [-0.25, -0.2) is 4.79 Å². The Kier molecular flexibility index (Phi) is 6.72. The van der Waals surface area contributed by atoms with Crippen LogP contribution >= 0.6 is 0 Å². The smallest absolute Gasteiger partial charge is 0.406 e. The van der Waals surface area contributed by atoms with Crippen LogP contribution in [0.4, 0.5) is 46.4 Å². The number of aromatic amines is 1. The number of nitrogens with one attached hydrogen (secondary N) is 5. The van der Waals surface area contributed by atoms with Crippen LogP contribution in [0.15, 0.2) is 79.0 Å². The molecule has 8 nitrogen and oxygen atoms in total. The molecule has 1 aromatic heterocycles. The van der Waals surface area contributed by atoms with Gasteiger partial charge in [0.15, 0.2) is 0 Å². The first-order chi connectivity index (χ1) is 18.6. The Morgan fingerprint density at radius 3 is 2.44 bits per heavy atom. The van der Waals surface area contributed by atoms with Crippen LogP contribution in [0, 0.1) is 6.92 Å². The van der Waals surface area contributed by atoms with Crippen molar-refractivity contribution in [2.45, 2.75) is 13.3 Å². The van der Waals surface area contributed by atoms with E-state index in [9.17, 15) is 22.8 Å². The van der Waals surface area contributed by atoms with Crippen molar-refractivity contribution in [3.63, 3.8) is 0 Å². The van der Waals surface area contributed by atoms with E-state index in [-0.39, 0.29) is 11.6 Å². The van der Waals surface area contributed by atoms with E-state index in [1.165, 1.54) is 12.1 Å². The molecule has 11 heteroatoms. The summed E-state index contributed by atoms with van der Waals surface area (Å²) in [5, 5.41) is 11.3. The topological polar surface area (TPSA) is 107 Å². The lowest BCUT2D eigenvalue weighted by molar-refractivity contribution is -0.274. The van der Waals surface area contributed by atoms with Crippen LogP contribution in [0.5, 0.6) is 5.75 Å². The largest absolute Gasteiger partial charge is 0.573 e. The Hall–Kier alpha value is -5.19. The summed E-state index contributed by atoms with van der Waals surface area (Å²) in [5.74, 6) is -0.639. The molecule has 0 saturated heterocycles. The monoisotopic (exact) mass is 533 g/mol. The van der Waals surface area contributed by atoms with Crippen molar-refractivity contribution in [3.05, 3.63) is 95.8 Å². The third-order valence-corrected chi connectivity index (χ3v) is 5.82. The van der Waals surface area contributed by atoms with Crippen molar-refractivity contribution in [2.24, 2.45) is 0 Å². The standard InChI is InChI=1S/C28H22F3N5O3/c1-16-7-8-20(35-27(38)34-18-4-2-6-21(12-18)39-28(29,30)31)14-24(16)33-19-9-10-22-23(13-17-5-3-11-32-17)26(37)36-25(22)15-19/h2-15,32-33H,1H3,(H,36,37)(H2,34,35,38). The summed E-state index contributed by atoms with van der Waals surface area (Å²) in [6, 6.07) is 18.8. The van der Waals surface area contributed by atoms with Crippen molar-refractivity contribution < 1.29 is 27.5 Å². The second-order valence-electron chi connectivity index (χ2n) is 8.71. The highest BCUT2D eigenvalue weighted by molar-refractivity contribution is 6.35.